The largest absolute Gasteiger partial charge is 0.412 e. The minimum Gasteiger partial charge on any atom is -0.412 e. The number of nitrogens with two attached hydrogens (primary N) is 2. The van der Waals surface area contributed by atoms with Crippen molar-refractivity contribution >= 4 is 106 Å². The van der Waals surface area contributed by atoms with Crippen molar-refractivity contribution in [2.75, 3.05) is 50.1 Å². The Balaban J connectivity index is 0.000000483. The minimum atomic E-state index is -0.671. The number of nitrogens with zero attached hydrogens (tertiary/aromatic N) is 4. The number of anilines is 2. The van der Waals surface area contributed by atoms with Gasteiger partial charge in [-0.1, -0.05) is 97.1 Å². The highest BCUT2D eigenvalue weighted by Gasteiger charge is 2.28. The van der Waals surface area contributed by atoms with E-state index >= 15 is 0 Å². The number of nitrogens with one attached hydrogen (secondary N) is 4. The molecular weight excluding hydrogens is 1070 g/mol. The van der Waals surface area contributed by atoms with E-state index in [1.165, 1.54) is 12.1 Å². The van der Waals surface area contributed by atoms with Crippen molar-refractivity contribution in [1.82, 2.24) is 20.6 Å². The van der Waals surface area contributed by atoms with Crippen molar-refractivity contribution in [2.24, 2.45) is 21.5 Å². The molecule has 77 heavy (non-hydrogen) atoms. The summed E-state index contributed by atoms with van der Waals surface area (Å²) in [6.45, 7) is 1.57. The molecule has 0 bridgehead atoms. The zero-order valence-electron chi connectivity index (χ0n) is 42.2. The van der Waals surface area contributed by atoms with Crippen LogP contribution in [0, 0.1) is 11.6 Å². The molecule has 2 aliphatic heterocycles. The molecule has 2 aromatic heterocycles. The second-order valence-electron chi connectivity index (χ2n) is 17.7. The summed E-state index contributed by atoms with van der Waals surface area (Å²) in [5.41, 5.74) is 22.4. The summed E-state index contributed by atoms with van der Waals surface area (Å²) >= 11 is 0. The average molecular weight is 1140 g/mol. The lowest BCUT2D eigenvalue weighted by Gasteiger charge is -2.29. The number of hydrogen-bond acceptors (Lipinski definition) is 8. The van der Waals surface area contributed by atoms with Gasteiger partial charge in [-0.2, -0.15) is 0 Å². The van der Waals surface area contributed by atoms with Crippen molar-refractivity contribution < 1.29 is 34.8 Å². The van der Waals surface area contributed by atoms with Crippen LogP contribution in [0.2, 0.25) is 0 Å². The third-order valence-electron chi connectivity index (χ3n) is 13.3. The third-order valence-corrected chi connectivity index (χ3v) is 13.3. The highest BCUT2D eigenvalue weighted by molar-refractivity contribution is 6.17. The number of H-pyrrole nitrogens is 2. The van der Waals surface area contributed by atoms with Crippen LogP contribution in [0.1, 0.15) is 33.4 Å². The molecular formula is C56H66Cl4F2N10O5. The van der Waals surface area contributed by atoms with E-state index in [0.717, 1.165) is 55.4 Å². The summed E-state index contributed by atoms with van der Waals surface area (Å²) < 4.78 is 29.2. The second-order valence-corrected chi connectivity index (χ2v) is 17.7. The van der Waals surface area contributed by atoms with Crippen LogP contribution < -0.4 is 31.9 Å². The van der Waals surface area contributed by atoms with Crippen LogP contribution in [0.15, 0.2) is 168 Å². The quantitative estimate of drug-likeness (QED) is 0.0793. The van der Waals surface area contributed by atoms with Crippen LogP contribution in [-0.2, 0) is 22.4 Å². The number of fused-ring (bicyclic) bond motifs is 4. The molecule has 0 spiro atoms. The van der Waals surface area contributed by atoms with Crippen molar-refractivity contribution in [3.63, 3.8) is 0 Å². The summed E-state index contributed by atoms with van der Waals surface area (Å²) in [6, 6.07) is 43.4. The predicted octanol–water partition coefficient (Wildman–Crippen LogP) is 6.51. The zero-order valence-corrected chi connectivity index (χ0v) is 45.5. The normalized spacial score (nSPS) is 14.9. The molecule has 15 nitrogen and oxygen atoms in total. The average Bonchev–Trinajstić information content (AvgIpc) is 3.92. The summed E-state index contributed by atoms with van der Waals surface area (Å²) in [5.74, 6) is -1.03. The van der Waals surface area contributed by atoms with E-state index in [9.17, 15) is 18.4 Å². The van der Waals surface area contributed by atoms with Gasteiger partial charge < -0.3 is 58.3 Å². The van der Waals surface area contributed by atoms with Gasteiger partial charge in [-0.15, -0.1) is 49.6 Å². The maximum Gasteiger partial charge on any atom is 0.237 e. The number of benzene rings is 6. The number of benzodiazepines with no additional fused rings is 2. The van der Waals surface area contributed by atoms with Crippen LogP contribution in [0.3, 0.4) is 0 Å². The summed E-state index contributed by atoms with van der Waals surface area (Å²) in [7, 11) is 3.95. The van der Waals surface area contributed by atoms with Crippen LogP contribution in [0.4, 0.5) is 20.2 Å². The molecule has 4 atom stereocenters. The first-order valence-electron chi connectivity index (χ1n) is 23.5. The van der Waals surface area contributed by atoms with Gasteiger partial charge in [0.15, 0.2) is 0 Å². The molecule has 21 heteroatoms. The standard InChI is InChI=1S/2C28H28FN5O.4ClH.3H2O/c2*1-34-19(17-33-28(35)24(30)14-18-15-31-25-12-6-3-8-20(18)25)16-32-27(21-9-2-5-11-23(21)29)22-10-4-7-13-26(22)34;;;;;;;/h2*2-13,15,19,24,31H,14,16-17,30H2,1H3,(H,33,35);4*1H;3*1H2. The van der Waals surface area contributed by atoms with Crippen LogP contribution in [0.25, 0.3) is 21.8 Å². The molecule has 0 radical (unpaired) electrons. The van der Waals surface area contributed by atoms with Gasteiger partial charge in [0.25, 0.3) is 0 Å². The van der Waals surface area contributed by atoms with Crippen LogP contribution in [-0.4, -0.2) is 114 Å². The Morgan fingerprint density at radius 1 is 0.532 bits per heavy atom. The number of aromatic nitrogens is 2. The van der Waals surface area contributed by atoms with E-state index in [1.807, 2.05) is 136 Å². The first-order chi connectivity index (χ1) is 34.0. The molecule has 0 saturated heterocycles. The van der Waals surface area contributed by atoms with Gasteiger partial charge in [-0.05, 0) is 72.5 Å². The maximum atomic E-state index is 14.6. The molecule has 8 aromatic rings. The number of aromatic amines is 2. The fourth-order valence-electron chi connectivity index (χ4n) is 9.29. The van der Waals surface area contributed by atoms with Crippen LogP contribution in [0.5, 0.6) is 0 Å². The van der Waals surface area contributed by atoms with Gasteiger partial charge in [0.1, 0.15) is 11.6 Å². The number of likely N-dealkylation sites (N-methyl/N-ethyl adjacent to an activating group) is 2. The van der Waals surface area contributed by atoms with E-state index in [1.54, 1.807) is 24.3 Å². The van der Waals surface area contributed by atoms with Gasteiger partial charge in [-0.3, -0.25) is 19.6 Å². The lowest BCUT2D eigenvalue weighted by atomic mass is 10.00. The minimum absolute atomic E-state index is 0. The van der Waals surface area contributed by atoms with Gasteiger partial charge >= 0.3 is 0 Å². The smallest absolute Gasteiger partial charge is 0.237 e. The van der Waals surface area contributed by atoms with Gasteiger partial charge in [0.05, 0.1) is 48.7 Å². The van der Waals surface area contributed by atoms with E-state index in [0.29, 0.717) is 61.6 Å². The van der Waals surface area contributed by atoms with Crippen molar-refractivity contribution in [3.8, 4) is 0 Å². The molecule has 2 aliphatic rings. The van der Waals surface area contributed by atoms with Crippen LogP contribution >= 0.6 is 49.6 Å². The number of hydrogen-bond donors (Lipinski definition) is 6. The Labute approximate surface area is 470 Å². The Bertz CT molecular complexity index is 3040. The number of halogens is 6. The molecule has 2 amide bonds. The van der Waals surface area contributed by atoms with Crippen molar-refractivity contribution in [2.45, 2.75) is 37.0 Å². The maximum absolute atomic E-state index is 14.6. The lowest BCUT2D eigenvalue weighted by Crippen LogP contribution is -2.49. The number of amides is 2. The molecule has 4 unspecified atom stereocenters. The third kappa shape index (κ3) is 14.8. The number of carbonyl (C=O) groups is 2. The fourth-order valence-corrected chi connectivity index (χ4v) is 9.29. The second kappa shape index (κ2) is 30.1. The first kappa shape index (κ1) is 66.2. The molecule has 4 heterocycles. The molecule has 0 saturated carbocycles. The Morgan fingerprint density at radius 3 is 1.23 bits per heavy atom. The van der Waals surface area contributed by atoms with E-state index in [-0.39, 0.29) is 102 Å². The Hall–Kier alpha value is -6.90. The molecule has 412 valence electrons. The van der Waals surface area contributed by atoms with Gasteiger partial charge in [0, 0.05) is 95.0 Å². The molecule has 6 aromatic carbocycles. The van der Waals surface area contributed by atoms with Crippen molar-refractivity contribution in [1.29, 1.82) is 0 Å². The first-order valence-corrected chi connectivity index (χ1v) is 23.5. The highest BCUT2D eigenvalue weighted by atomic mass is 35.5. The zero-order chi connectivity index (χ0) is 48.7. The Morgan fingerprint density at radius 2 is 0.857 bits per heavy atom. The number of carbonyl (C=O) groups excluding carboxylic acids is 2. The van der Waals surface area contributed by atoms with E-state index in [4.69, 9.17) is 21.5 Å². The summed E-state index contributed by atoms with van der Waals surface area (Å²) in [6.07, 6.45) is 4.70. The van der Waals surface area contributed by atoms with Gasteiger partial charge in [0.2, 0.25) is 11.8 Å². The number of rotatable bonds is 12. The number of aliphatic imine (C=N–C) groups is 2. The predicted molar refractivity (Wildman–Crippen MR) is 317 cm³/mol. The van der Waals surface area contributed by atoms with E-state index in [2.05, 4.69) is 30.4 Å². The van der Waals surface area contributed by atoms with Crippen molar-refractivity contribution in [3.05, 3.63) is 203 Å². The fraction of sp³-hybridized carbons (Fsp3) is 0.214. The summed E-state index contributed by atoms with van der Waals surface area (Å²) in [4.78, 5) is 46.0. The highest BCUT2D eigenvalue weighted by Crippen LogP contribution is 2.30. The summed E-state index contributed by atoms with van der Waals surface area (Å²) in [5, 5.41) is 8.17. The molecule has 10 rings (SSSR count). The monoisotopic (exact) mass is 1140 g/mol. The number of para-hydroxylation sites is 4. The molecule has 0 aliphatic carbocycles. The molecule has 0 fully saturated rings. The van der Waals surface area contributed by atoms with Gasteiger partial charge in [-0.25, -0.2) is 8.78 Å². The lowest BCUT2D eigenvalue weighted by molar-refractivity contribution is -0.123. The Kier molecular flexibility index (Phi) is 25.9. The SMILES string of the molecule is CN1c2ccccc2C(c2ccccc2F)=NCC1CNC(=O)C(N)Cc1c[nH]c2ccccc12.CN1c2ccccc2C(c2ccccc2F)=NCC1CNC(=O)C(N)Cc1c[nH]c2ccccc12.Cl.Cl.Cl.Cl.O.O.O. The molecule has 14 N–H and O–H groups in total. The van der Waals surface area contributed by atoms with E-state index < -0.39 is 12.1 Å². The topological polar surface area (TPSA) is 268 Å².